The molecule has 22 nitrogen and oxygen atoms in total. The van der Waals surface area contributed by atoms with Crippen molar-refractivity contribution in [2.45, 2.75) is 102 Å². The van der Waals surface area contributed by atoms with Crippen molar-refractivity contribution in [1.82, 2.24) is 30.2 Å². The van der Waals surface area contributed by atoms with Crippen LogP contribution in [0.15, 0.2) is 133 Å². The largest absolute Gasteiger partial charge is 0.508 e. The van der Waals surface area contributed by atoms with Crippen LogP contribution in [-0.2, 0) is 78.3 Å². The third kappa shape index (κ3) is 18.9. The second-order valence-electron chi connectivity index (χ2n) is 23.2. The Labute approximate surface area is 530 Å². The lowest BCUT2D eigenvalue weighted by molar-refractivity contribution is -0.165. The van der Waals surface area contributed by atoms with E-state index in [1.54, 1.807) is 110 Å². The van der Waals surface area contributed by atoms with E-state index in [1.165, 1.54) is 82.2 Å². The highest BCUT2D eigenvalue weighted by molar-refractivity contribution is 6.38. The Kier molecular flexibility index (Phi) is 24.7. The van der Waals surface area contributed by atoms with E-state index < -0.39 is 109 Å². The molecular weight excluding hydrogens is 1170 g/mol. The number of cyclic esters (lactones) is 2. The van der Waals surface area contributed by atoms with Crippen molar-refractivity contribution in [3.63, 3.8) is 0 Å². The molecule has 5 aromatic carbocycles. The molecule has 91 heavy (non-hydrogen) atoms. The first-order valence-corrected chi connectivity index (χ1v) is 30.2. The van der Waals surface area contributed by atoms with Crippen molar-refractivity contribution in [2.24, 2.45) is 5.41 Å². The predicted molar refractivity (Wildman–Crippen MR) is 336 cm³/mol. The molecule has 2 aliphatic heterocycles. The van der Waals surface area contributed by atoms with Gasteiger partial charge in [-0.05, 0) is 111 Å². The van der Waals surface area contributed by atoms with E-state index in [1.807, 2.05) is 6.07 Å². The fourth-order valence-corrected chi connectivity index (χ4v) is 10.9. The number of piperidine rings is 1. The van der Waals surface area contributed by atoms with E-state index in [-0.39, 0.29) is 69.5 Å². The Morgan fingerprint density at radius 1 is 0.659 bits per heavy atom. The molecule has 0 unspecified atom stereocenters. The Morgan fingerprint density at radius 2 is 1.29 bits per heavy atom. The van der Waals surface area contributed by atoms with Gasteiger partial charge in [0, 0.05) is 65.1 Å². The number of nitrogens with zero attached hydrogens (tertiary/aromatic N) is 4. The molecule has 2 aliphatic rings. The topological polar surface area (TPSA) is 266 Å². The lowest BCUT2D eigenvalue weighted by Crippen LogP contribution is -2.57. The third-order valence-electron chi connectivity index (χ3n) is 16.1. The van der Waals surface area contributed by atoms with E-state index >= 15 is 0 Å². The zero-order chi connectivity index (χ0) is 65.8. The molecule has 6 amide bonds. The third-order valence-corrected chi connectivity index (χ3v) is 16.1. The van der Waals surface area contributed by atoms with Crippen LogP contribution in [0.3, 0.4) is 0 Å². The quantitative estimate of drug-likeness (QED) is 0.0964. The summed E-state index contributed by atoms with van der Waals surface area (Å²) in [5.41, 5.74) is 1.47. The number of hydrogen-bond donors (Lipinski definition) is 3. The number of ether oxygens (including phenoxy) is 6. The van der Waals surface area contributed by atoms with Gasteiger partial charge < -0.3 is 63.8 Å². The maximum Gasteiger partial charge on any atom is 0.330 e. The minimum Gasteiger partial charge on any atom is -0.508 e. The molecule has 5 atom stereocenters. The van der Waals surface area contributed by atoms with Gasteiger partial charge in [-0.2, -0.15) is 0 Å². The number of Topliss-reactive ketones (excluding diaryl/α,β-unsaturated/α-hetero) is 1. The van der Waals surface area contributed by atoms with Crippen molar-refractivity contribution in [2.75, 3.05) is 75.3 Å². The van der Waals surface area contributed by atoms with Gasteiger partial charge in [-0.3, -0.25) is 33.6 Å². The molecule has 0 aromatic heterocycles. The number of amides is 6. The van der Waals surface area contributed by atoms with Crippen LogP contribution >= 0.6 is 0 Å². The number of methoxy groups -OCH3 is 3. The number of likely N-dealkylation sites (N-methyl/N-ethyl adjacent to an activating group) is 3. The summed E-state index contributed by atoms with van der Waals surface area (Å²) in [4.78, 5) is 133. The lowest BCUT2D eigenvalue weighted by atomic mass is 9.87. The summed E-state index contributed by atoms with van der Waals surface area (Å²) < 4.78 is 35.2. The van der Waals surface area contributed by atoms with E-state index in [0.29, 0.717) is 52.3 Å². The molecule has 1 saturated heterocycles. The van der Waals surface area contributed by atoms with Crippen LogP contribution in [0, 0.1) is 5.41 Å². The van der Waals surface area contributed by atoms with Crippen LogP contribution in [-0.4, -0.2) is 177 Å². The SMILES string of the molecule is COc1ccc(OC)c(OC)c1CC[C@H]1OC(=O)[C@@H]2CCCCN2C(=O)C(=O)C(C)(C)COC(=O)/C=C/CCN(C)C(=O)[C@@H](Cc2ccccc2)NC(=O)CN(C)C(=O)[C@@H](Cc2ccccc2)NC(=O)[C@H](Cc2ccc(O)cc2)N(C)C(=O)COc2cccc1c2. The molecule has 22 heteroatoms. The Hall–Kier alpha value is -9.73. The second-order valence-corrected chi connectivity index (χ2v) is 23.2. The molecule has 484 valence electrons. The zero-order valence-electron chi connectivity index (χ0n) is 52.8. The number of phenolic OH excluding ortho intramolecular Hbond substituents is 1. The Morgan fingerprint density at radius 3 is 1.93 bits per heavy atom. The van der Waals surface area contributed by atoms with E-state index in [2.05, 4.69) is 10.6 Å². The minimum atomic E-state index is -1.53. The molecule has 5 aromatic rings. The van der Waals surface area contributed by atoms with Crippen LogP contribution < -0.4 is 29.6 Å². The average molecular weight is 1250 g/mol. The summed E-state index contributed by atoms with van der Waals surface area (Å²) in [7, 11) is 8.85. The van der Waals surface area contributed by atoms with Gasteiger partial charge in [-0.1, -0.05) is 91.0 Å². The molecule has 0 radical (unpaired) electrons. The predicted octanol–water partition coefficient (Wildman–Crippen LogP) is 5.93. The van der Waals surface area contributed by atoms with Crippen LogP contribution in [0.25, 0.3) is 0 Å². The number of aromatic hydroxyl groups is 1. The Balaban J connectivity index is 1.23. The molecule has 7 rings (SSSR count). The van der Waals surface area contributed by atoms with Gasteiger partial charge in [0.2, 0.25) is 29.4 Å². The van der Waals surface area contributed by atoms with Crippen molar-refractivity contribution in [3.8, 4) is 28.7 Å². The smallest absolute Gasteiger partial charge is 0.330 e. The van der Waals surface area contributed by atoms with Gasteiger partial charge in [0.1, 0.15) is 54.1 Å². The first-order valence-electron chi connectivity index (χ1n) is 30.2. The summed E-state index contributed by atoms with van der Waals surface area (Å²) in [5.74, 6) is -5.17. The monoisotopic (exact) mass is 1250 g/mol. The van der Waals surface area contributed by atoms with Crippen molar-refractivity contribution < 1.29 is 76.7 Å². The van der Waals surface area contributed by atoms with Crippen molar-refractivity contribution in [1.29, 1.82) is 0 Å². The number of phenols is 1. The van der Waals surface area contributed by atoms with Gasteiger partial charge in [0.15, 0.2) is 18.1 Å². The summed E-state index contributed by atoms with van der Waals surface area (Å²) >= 11 is 0. The normalized spacial score (nSPS) is 21.2. The maximum atomic E-state index is 14.9. The highest BCUT2D eigenvalue weighted by Gasteiger charge is 2.43. The van der Waals surface area contributed by atoms with Crippen LogP contribution in [0.5, 0.6) is 28.7 Å². The molecule has 0 saturated carbocycles. The first-order chi connectivity index (χ1) is 43.6. The minimum absolute atomic E-state index is 0.0157. The molecule has 3 N–H and O–H groups in total. The fraction of sp³-hybridized carbons (Fsp3) is 0.406. The lowest BCUT2D eigenvalue weighted by Gasteiger charge is -2.36. The summed E-state index contributed by atoms with van der Waals surface area (Å²) in [5, 5.41) is 15.9. The number of carbonyl (C=O) groups is 9. The average Bonchev–Trinajstić information content (AvgIpc) is 1.05. The summed E-state index contributed by atoms with van der Waals surface area (Å²) in [6, 6.07) is 29.2. The van der Waals surface area contributed by atoms with E-state index in [9.17, 15) is 48.3 Å². The summed E-state index contributed by atoms with van der Waals surface area (Å²) in [6.07, 6.45) is 3.28. The number of benzene rings is 5. The summed E-state index contributed by atoms with van der Waals surface area (Å²) in [6.45, 7) is 1.49. The number of hydrogen-bond acceptors (Lipinski definition) is 16. The number of nitrogens with one attached hydrogen (secondary N) is 2. The van der Waals surface area contributed by atoms with Crippen molar-refractivity contribution in [3.05, 3.63) is 161 Å². The van der Waals surface area contributed by atoms with Crippen molar-refractivity contribution >= 4 is 53.2 Å². The molecule has 0 aliphatic carbocycles. The molecule has 2 bridgehead atoms. The molecule has 1 fully saturated rings. The zero-order valence-corrected chi connectivity index (χ0v) is 52.8. The molecule has 2 heterocycles. The Bertz CT molecular complexity index is 3400. The van der Waals surface area contributed by atoms with Crippen LogP contribution in [0.2, 0.25) is 0 Å². The van der Waals surface area contributed by atoms with Gasteiger partial charge in [-0.25, -0.2) is 9.59 Å². The van der Waals surface area contributed by atoms with Gasteiger partial charge in [0.05, 0.1) is 33.3 Å². The highest BCUT2D eigenvalue weighted by Crippen LogP contribution is 2.40. The number of carbonyl (C=O) groups excluding carboxylic acids is 9. The number of esters is 2. The standard InChI is InChI=1S/C69H82N6O16/c1-69(2)44-90-61(79)27-16-17-36-72(3)65(82)52(38-45-20-11-9-12-21-45)70-59(77)42-73(4)66(83)53(39-46-22-13-10-14-23-46)71-64(81)55(40-47-28-30-49(76)31-29-47)74(5)60(78)43-89-50-25-19-24-48(41-50)56(33-32-51-57(86-6)34-35-58(87-7)62(51)88-8)91-68(85)54-26-15-18-37-75(54)67(84)63(69)80/h9-14,16,19-25,27-31,34-35,41,52-56,76H,15,17-18,26,32-33,36-40,42-44H2,1-8H3,(H,70,77)(H,71,81)/b27-16+/t52-,53-,54+,55+,56-/m1/s1. The molecule has 0 spiro atoms. The molecular formula is C69H82N6O16. The van der Waals surface area contributed by atoms with Gasteiger partial charge in [0.25, 0.3) is 11.8 Å². The van der Waals surface area contributed by atoms with Crippen LogP contribution in [0.4, 0.5) is 0 Å². The van der Waals surface area contributed by atoms with Crippen LogP contribution in [0.1, 0.15) is 79.9 Å². The number of rotatable bonds is 12. The second kappa shape index (κ2) is 32.7. The number of ketones is 1. The maximum absolute atomic E-state index is 14.9. The van der Waals surface area contributed by atoms with E-state index in [0.717, 1.165) is 16.5 Å². The number of fused-ring (bicyclic) bond motifs is 3. The fourth-order valence-electron chi connectivity index (χ4n) is 10.9. The highest BCUT2D eigenvalue weighted by atomic mass is 16.5. The van der Waals surface area contributed by atoms with Gasteiger partial charge in [-0.15, -0.1) is 0 Å². The van der Waals surface area contributed by atoms with E-state index in [4.69, 9.17) is 28.4 Å². The first kappa shape index (κ1) is 68.8. The van der Waals surface area contributed by atoms with Gasteiger partial charge >= 0.3 is 11.9 Å².